The van der Waals surface area contributed by atoms with E-state index in [9.17, 15) is 4.79 Å². The van der Waals surface area contributed by atoms with Gasteiger partial charge in [0, 0.05) is 31.9 Å². The van der Waals surface area contributed by atoms with E-state index >= 15 is 0 Å². The van der Waals surface area contributed by atoms with E-state index in [4.69, 9.17) is 0 Å². The predicted octanol–water partition coefficient (Wildman–Crippen LogP) is 1.91. The fourth-order valence-electron chi connectivity index (χ4n) is 1.96. The van der Waals surface area contributed by atoms with Crippen LogP contribution in [0.15, 0.2) is 30.3 Å². The topological polar surface area (TPSA) is 26.8 Å². The number of hydrogen-bond acceptors (Lipinski definition) is 2. The van der Waals surface area contributed by atoms with Crippen molar-refractivity contribution in [3.8, 4) is 0 Å². The van der Waals surface area contributed by atoms with E-state index in [0.29, 0.717) is 0 Å². The number of para-hydroxylation sites is 1. The highest BCUT2D eigenvalue weighted by Gasteiger charge is 2.28. The molecule has 100 valence electrons. The number of rotatable bonds is 4. The molecule has 0 N–H and O–H groups in total. The molecule has 1 fully saturated rings. The zero-order valence-electron chi connectivity index (χ0n) is 10.9. The van der Waals surface area contributed by atoms with Gasteiger partial charge in [0.25, 0.3) is 0 Å². The maximum absolute atomic E-state index is 12.2. The monoisotopic (exact) mass is 269 g/mol. The van der Waals surface area contributed by atoms with Crippen LogP contribution in [0.1, 0.15) is 0 Å². The number of benzene rings is 1. The molecule has 0 aromatic heterocycles. The van der Waals surface area contributed by atoms with Gasteiger partial charge in [-0.25, -0.2) is 4.79 Å². The van der Waals surface area contributed by atoms with Gasteiger partial charge in [-0.3, -0.25) is 4.90 Å². The third-order valence-electron chi connectivity index (χ3n) is 2.98. The first-order valence-electron chi connectivity index (χ1n) is 5.94. The molecule has 18 heavy (non-hydrogen) atoms. The average molecular weight is 270 g/mol. The summed E-state index contributed by atoms with van der Waals surface area (Å²) >= 11 is 0. The van der Waals surface area contributed by atoms with Crippen molar-refractivity contribution < 1.29 is 4.79 Å². The van der Waals surface area contributed by atoms with Gasteiger partial charge in [-0.1, -0.05) is 18.2 Å². The Hall–Kier alpha value is -1.26. The maximum atomic E-state index is 12.2. The van der Waals surface area contributed by atoms with Crippen molar-refractivity contribution in [2.24, 2.45) is 0 Å². The second-order valence-corrected chi connectivity index (χ2v) is 4.56. The van der Waals surface area contributed by atoms with Crippen molar-refractivity contribution in [2.45, 2.75) is 0 Å². The Morgan fingerprint density at radius 2 is 1.83 bits per heavy atom. The van der Waals surface area contributed by atoms with E-state index in [1.165, 1.54) is 0 Å². The van der Waals surface area contributed by atoms with Gasteiger partial charge in [0.1, 0.15) is 0 Å². The first-order valence-corrected chi connectivity index (χ1v) is 5.94. The number of hydrogen-bond donors (Lipinski definition) is 0. The van der Waals surface area contributed by atoms with Gasteiger partial charge >= 0.3 is 6.03 Å². The highest BCUT2D eigenvalue weighted by molar-refractivity contribution is 5.94. The Morgan fingerprint density at radius 1 is 1.17 bits per heavy atom. The molecule has 4 nitrogen and oxygen atoms in total. The fraction of sp³-hybridized carbons (Fsp3) is 0.462. The van der Waals surface area contributed by atoms with E-state index in [1.807, 2.05) is 54.2 Å². The Morgan fingerprint density at radius 3 is 2.44 bits per heavy atom. The molecule has 1 aliphatic heterocycles. The molecule has 0 atom stereocenters. The molecule has 0 aliphatic carbocycles. The van der Waals surface area contributed by atoms with Crippen LogP contribution in [-0.4, -0.2) is 56.1 Å². The number of halogens is 1. The first-order chi connectivity index (χ1) is 8.18. The minimum atomic E-state index is 0. The molecule has 1 aliphatic rings. The Labute approximate surface area is 115 Å². The lowest BCUT2D eigenvalue weighted by molar-refractivity contribution is 0.215. The number of urea groups is 1. The molecule has 0 bridgehead atoms. The minimum Gasteiger partial charge on any atom is -0.321 e. The van der Waals surface area contributed by atoms with Gasteiger partial charge in [0.15, 0.2) is 0 Å². The molecule has 1 aromatic rings. The van der Waals surface area contributed by atoms with Gasteiger partial charge in [-0.05, 0) is 26.2 Å². The molecule has 0 saturated carbocycles. The molecule has 2 rings (SSSR count). The quantitative estimate of drug-likeness (QED) is 0.835. The molecule has 1 heterocycles. The molecule has 0 unspecified atom stereocenters. The van der Waals surface area contributed by atoms with Crippen molar-refractivity contribution in [1.29, 1.82) is 0 Å². The number of likely N-dealkylation sites (N-methyl/N-ethyl adjacent to an activating group) is 1. The third-order valence-corrected chi connectivity index (χ3v) is 2.98. The predicted molar refractivity (Wildman–Crippen MR) is 76.6 cm³/mol. The molecule has 2 amide bonds. The molecule has 5 heteroatoms. The van der Waals surface area contributed by atoms with Crippen molar-refractivity contribution in [2.75, 3.05) is 45.2 Å². The van der Waals surface area contributed by atoms with E-state index in [-0.39, 0.29) is 18.4 Å². The maximum Gasteiger partial charge on any atom is 0.324 e. The Bertz CT molecular complexity index is 383. The van der Waals surface area contributed by atoms with Crippen LogP contribution in [0.5, 0.6) is 0 Å². The SMILES string of the molecule is CN(C)CCN1CCN(c2ccccc2)C1=O.Cl. The van der Waals surface area contributed by atoms with Crippen molar-refractivity contribution in [3.05, 3.63) is 30.3 Å². The first kappa shape index (κ1) is 14.8. The molecule has 1 saturated heterocycles. The number of amides is 2. The highest BCUT2D eigenvalue weighted by atomic mass is 35.5. The van der Waals surface area contributed by atoms with E-state index < -0.39 is 0 Å². The highest BCUT2D eigenvalue weighted by Crippen LogP contribution is 2.19. The summed E-state index contributed by atoms with van der Waals surface area (Å²) in [7, 11) is 4.05. The molecular formula is C13H20ClN3O. The Balaban J connectivity index is 0.00000162. The van der Waals surface area contributed by atoms with E-state index in [2.05, 4.69) is 4.90 Å². The van der Waals surface area contributed by atoms with E-state index in [1.54, 1.807) is 0 Å². The molecule has 0 spiro atoms. The van der Waals surface area contributed by atoms with Crippen LogP contribution in [0.3, 0.4) is 0 Å². The number of nitrogens with zero attached hydrogens (tertiary/aromatic N) is 3. The largest absolute Gasteiger partial charge is 0.324 e. The summed E-state index contributed by atoms with van der Waals surface area (Å²) in [6.07, 6.45) is 0. The van der Waals surface area contributed by atoms with Crippen LogP contribution in [0.2, 0.25) is 0 Å². The summed E-state index contributed by atoms with van der Waals surface area (Å²) in [5.41, 5.74) is 0.991. The molecule has 1 aromatic carbocycles. The lowest BCUT2D eigenvalue weighted by Gasteiger charge is -2.20. The van der Waals surface area contributed by atoms with Crippen LogP contribution >= 0.6 is 12.4 Å². The second-order valence-electron chi connectivity index (χ2n) is 4.56. The molecular weight excluding hydrogens is 250 g/mol. The number of anilines is 1. The number of carbonyl (C=O) groups excluding carboxylic acids is 1. The van der Waals surface area contributed by atoms with Crippen LogP contribution in [-0.2, 0) is 0 Å². The van der Waals surface area contributed by atoms with Gasteiger partial charge in [-0.15, -0.1) is 12.4 Å². The summed E-state index contributed by atoms with van der Waals surface area (Å²) in [5, 5.41) is 0. The van der Waals surface area contributed by atoms with Gasteiger partial charge in [0.2, 0.25) is 0 Å². The van der Waals surface area contributed by atoms with Crippen LogP contribution < -0.4 is 4.90 Å². The second kappa shape index (κ2) is 6.61. The zero-order valence-corrected chi connectivity index (χ0v) is 11.7. The summed E-state index contributed by atoms with van der Waals surface area (Å²) in [6.45, 7) is 3.32. The van der Waals surface area contributed by atoms with Crippen molar-refractivity contribution >= 4 is 24.1 Å². The number of carbonyl (C=O) groups is 1. The fourth-order valence-corrected chi connectivity index (χ4v) is 1.96. The van der Waals surface area contributed by atoms with Gasteiger partial charge in [0.05, 0.1) is 0 Å². The zero-order chi connectivity index (χ0) is 12.3. The van der Waals surface area contributed by atoms with E-state index in [0.717, 1.165) is 31.9 Å². The smallest absolute Gasteiger partial charge is 0.321 e. The lowest BCUT2D eigenvalue weighted by atomic mass is 10.3. The van der Waals surface area contributed by atoms with Crippen LogP contribution in [0.4, 0.5) is 10.5 Å². The summed E-state index contributed by atoms with van der Waals surface area (Å²) in [5.74, 6) is 0. The average Bonchev–Trinajstić information content (AvgIpc) is 2.69. The third kappa shape index (κ3) is 3.37. The Kier molecular flexibility index (Phi) is 5.44. The van der Waals surface area contributed by atoms with Gasteiger partial charge < -0.3 is 9.80 Å². The van der Waals surface area contributed by atoms with Crippen LogP contribution in [0, 0.1) is 0 Å². The van der Waals surface area contributed by atoms with Crippen molar-refractivity contribution in [1.82, 2.24) is 9.80 Å². The minimum absolute atomic E-state index is 0. The van der Waals surface area contributed by atoms with Gasteiger partial charge in [-0.2, -0.15) is 0 Å². The standard InChI is InChI=1S/C13H19N3O.ClH/c1-14(2)8-9-15-10-11-16(13(15)17)12-6-4-3-5-7-12;/h3-7H,8-11H2,1-2H3;1H. The molecule has 0 radical (unpaired) electrons. The normalized spacial score (nSPS) is 15.2. The lowest BCUT2D eigenvalue weighted by Crippen LogP contribution is -2.36. The van der Waals surface area contributed by atoms with Crippen molar-refractivity contribution in [3.63, 3.8) is 0 Å². The summed E-state index contributed by atoms with van der Waals surface area (Å²) in [4.78, 5) is 18.0. The summed E-state index contributed by atoms with van der Waals surface area (Å²) < 4.78 is 0. The summed E-state index contributed by atoms with van der Waals surface area (Å²) in [6, 6.07) is 9.98. The van der Waals surface area contributed by atoms with Crippen LogP contribution in [0.25, 0.3) is 0 Å².